The van der Waals surface area contributed by atoms with Crippen molar-refractivity contribution in [3.63, 3.8) is 0 Å². The first kappa shape index (κ1) is 25.4. The van der Waals surface area contributed by atoms with Crippen molar-refractivity contribution in [3.05, 3.63) is 34.3 Å². The predicted octanol–water partition coefficient (Wildman–Crippen LogP) is 3.97. The summed E-state index contributed by atoms with van der Waals surface area (Å²) in [6.07, 6.45) is 0.471. The normalized spacial score (nSPS) is 18.2. The number of nitrogens with one attached hydrogen (secondary N) is 3. The number of carbonyl (C=O) groups excluding carboxylic acids is 1. The number of rotatable bonds is 5. The maximum atomic E-state index is 12.1. The first-order valence-corrected chi connectivity index (χ1v) is 10.4. The minimum atomic E-state index is -5.08. The van der Waals surface area contributed by atoms with Crippen LogP contribution in [0.25, 0.3) is 0 Å². The van der Waals surface area contributed by atoms with E-state index >= 15 is 0 Å². The standard InChI is InChI=1S/C17H22BrN5O2.C2HF3O2/c1-10-9-20-17(23-15(10)19-2)22-12-5-3-11(4-6-12)21-16(24)13-7-8-14(18)25-13;3-2(4,5)1(6)7/h7-9,11-12H,3-6H2,1-2H3,(H,21,24)(H2,19,20,22,23);(H,6,7)/t11-,12+;. The molecule has 176 valence electrons. The Hall–Kier alpha value is -2.83. The van der Waals surface area contributed by atoms with E-state index in [4.69, 9.17) is 14.3 Å². The Balaban J connectivity index is 0.000000451. The lowest BCUT2D eigenvalue weighted by atomic mass is 9.91. The molecule has 1 saturated carbocycles. The third kappa shape index (κ3) is 7.70. The molecule has 1 amide bonds. The molecule has 2 heterocycles. The molecule has 0 unspecified atom stereocenters. The summed E-state index contributed by atoms with van der Waals surface area (Å²) in [7, 11) is 1.85. The number of amides is 1. The zero-order valence-electron chi connectivity index (χ0n) is 17.3. The zero-order valence-corrected chi connectivity index (χ0v) is 18.9. The summed E-state index contributed by atoms with van der Waals surface area (Å²) >= 11 is 3.21. The number of aromatic nitrogens is 2. The summed E-state index contributed by atoms with van der Waals surface area (Å²) in [6, 6.07) is 3.87. The molecule has 9 nitrogen and oxygen atoms in total. The lowest BCUT2D eigenvalue weighted by Gasteiger charge is -2.29. The summed E-state index contributed by atoms with van der Waals surface area (Å²) in [5.74, 6) is -1.11. The van der Waals surface area contributed by atoms with Crippen LogP contribution in [-0.4, -0.2) is 52.3 Å². The topological polar surface area (TPSA) is 129 Å². The van der Waals surface area contributed by atoms with E-state index in [1.807, 2.05) is 20.2 Å². The minimum absolute atomic E-state index is 0.164. The molecule has 1 aliphatic carbocycles. The fraction of sp³-hybridized carbons (Fsp3) is 0.474. The fourth-order valence-corrected chi connectivity index (χ4v) is 3.33. The van der Waals surface area contributed by atoms with Gasteiger partial charge in [-0.1, -0.05) is 0 Å². The number of alkyl halides is 3. The Labute approximate surface area is 190 Å². The van der Waals surface area contributed by atoms with Gasteiger partial charge in [-0.25, -0.2) is 9.78 Å². The van der Waals surface area contributed by atoms with Crippen molar-refractivity contribution < 1.29 is 32.3 Å². The molecule has 0 bridgehead atoms. The van der Waals surface area contributed by atoms with Crippen LogP contribution in [0.4, 0.5) is 24.9 Å². The highest BCUT2D eigenvalue weighted by atomic mass is 79.9. The molecule has 2 aromatic heterocycles. The van der Waals surface area contributed by atoms with Crippen LogP contribution in [0.5, 0.6) is 0 Å². The minimum Gasteiger partial charge on any atom is -0.475 e. The number of halogens is 4. The van der Waals surface area contributed by atoms with Gasteiger partial charge >= 0.3 is 12.1 Å². The van der Waals surface area contributed by atoms with Crippen molar-refractivity contribution in [2.75, 3.05) is 17.7 Å². The van der Waals surface area contributed by atoms with Gasteiger partial charge < -0.3 is 25.5 Å². The summed E-state index contributed by atoms with van der Waals surface area (Å²) in [6.45, 7) is 1.97. The highest BCUT2D eigenvalue weighted by molar-refractivity contribution is 9.10. The van der Waals surface area contributed by atoms with E-state index in [9.17, 15) is 18.0 Å². The molecule has 0 atom stereocenters. The number of furan rings is 1. The number of anilines is 2. The van der Waals surface area contributed by atoms with Crippen LogP contribution in [0.1, 0.15) is 41.8 Å². The molecule has 0 saturated heterocycles. The van der Waals surface area contributed by atoms with Gasteiger partial charge in [0.25, 0.3) is 5.91 Å². The average Bonchev–Trinajstić information content (AvgIpc) is 3.17. The molecule has 0 spiro atoms. The second-order valence-corrected chi connectivity index (χ2v) is 7.83. The molecule has 3 rings (SSSR count). The zero-order chi connectivity index (χ0) is 23.9. The highest BCUT2D eigenvalue weighted by Crippen LogP contribution is 2.23. The molecule has 32 heavy (non-hydrogen) atoms. The number of nitrogens with zero attached hydrogens (tertiary/aromatic N) is 2. The molecule has 2 aromatic rings. The van der Waals surface area contributed by atoms with Crippen LogP contribution in [0.3, 0.4) is 0 Å². The highest BCUT2D eigenvalue weighted by Gasteiger charge is 2.38. The van der Waals surface area contributed by atoms with E-state index in [-0.39, 0.29) is 11.9 Å². The van der Waals surface area contributed by atoms with Gasteiger partial charge in [-0.15, -0.1) is 0 Å². The van der Waals surface area contributed by atoms with Crippen LogP contribution in [-0.2, 0) is 4.79 Å². The van der Waals surface area contributed by atoms with Gasteiger partial charge in [-0.2, -0.15) is 18.2 Å². The molecular formula is C19H23BrF3N5O4. The molecule has 13 heteroatoms. The molecular weight excluding hydrogens is 499 g/mol. The van der Waals surface area contributed by atoms with E-state index in [1.54, 1.807) is 12.1 Å². The van der Waals surface area contributed by atoms with Crippen LogP contribution >= 0.6 is 15.9 Å². The number of aliphatic carboxylic acids is 1. The molecule has 4 N–H and O–H groups in total. The Kier molecular flexibility index (Phi) is 8.87. The number of aryl methyl sites for hydroxylation is 1. The lowest BCUT2D eigenvalue weighted by molar-refractivity contribution is -0.192. The maximum absolute atomic E-state index is 12.1. The fourth-order valence-electron chi connectivity index (χ4n) is 3.02. The number of carbonyl (C=O) groups is 2. The number of carboxylic acid groups (broad SMARTS) is 1. The van der Waals surface area contributed by atoms with Crippen molar-refractivity contribution in [2.45, 2.75) is 50.9 Å². The lowest BCUT2D eigenvalue weighted by Crippen LogP contribution is -2.40. The van der Waals surface area contributed by atoms with Gasteiger partial charge in [0.05, 0.1) is 0 Å². The van der Waals surface area contributed by atoms with Gasteiger partial charge in [0.2, 0.25) is 5.95 Å². The van der Waals surface area contributed by atoms with E-state index < -0.39 is 12.1 Å². The van der Waals surface area contributed by atoms with Gasteiger partial charge in [0, 0.05) is 30.9 Å². The number of hydrogen-bond acceptors (Lipinski definition) is 7. The smallest absolute Gasteiger partial charge is 0.475 e. The van der Waals surface area contributed by atoms with E-state index in [1.165, 1.54) is 0 Å². The van der Waals surface area contributed by atoms with E-state index in [0.29, 0.717) is 22.4 Å². The van der Waals surface area contributed by atoms with Crippen molar-refractivity contribution in [1.29, 1.82) is 0 Å². The summed E-state index contributed by atoms with van der Waals surface area (Å²) in [5.41, 5.74) is 1.02. The van der Waals surface area contributed by atoms with Crippen LogP contribution in [0.2, 0.25) is 0 Å². The maximum Gasteiger partial charge on any atom is 0.490 e. The van der Waals surface area contributed by atoms with Crippen molar-refractivity contribution in [2.24, 2.45) is 0 Å². The van der Waals surface area contributed by atoms with Gasteiger partial charge in [0.15, 0.2) is 10.4 Å². The van der Waals surface area contributed by atoms with Crippen molar-refractivity contribution in [1.82, 2.24) is 15.3 Å². The Morgan fingerprint density at radius 2 is 1.78 bits per heavy atom. The Bertz CT molecular complexity index is 930. The second-order valence-electron chi connectivity index (χ2n) is 7.05. The Morgan fingerprint density at radius 1 is 1.19 bits per heavy atom. The Morgan fingerprint density at radius 3 is 2.28 bits per heavy atom. The largest absolute Gasteiger partial charge is 0.490 e. The summed E-state index contributed by atoms with van der Waals surface area (Å²) in [4.78, 5) is 29.8. The van der Waals surface area contributed by atoms with Crippen LogP contribution in [0, 0.1) is 6.92 Å². The first-order chi connectivity index (χ1) is 15.0. The van der Waals surface area contributed by atoms with E-state index in [0.717, 1.165) is 37.1 Å². The molecule has 1 aliphatic rings. The molecule has 0 radical (unpaired) electrons. The predicted molar refractivity (Wildman–Crippen MR) is 114 cm³/mol. The van der Waals surface area contributed by atoms with E-state index in [2.05, 4.69) is 41.8 Å². The third-order valence-corrected chi connectivity index (χ3v) is 5.07. The number of hydrogen-bond donors (Lipinski definition) is 4. The SMILES string of the molecule is CNc1nc(N[C@H]2CC[C@@H](NC(=O)c3ccc(Br)o3)CC2)ncc1C.O=C(O)C(F)(F)F. The number of carboxylic acids is 1. The second kappa shape index (κ2) is 11.2. The quantitative estimate of drug-likeness (QED) is 0.465. The van der Waals surface area contributed by atoms with Gasteiger partial charge in [-0.3, -0.25) is 4.79 Å². The summed E-state index contributed by atoms with van der Waals surface area (Å²) < 4.78 is 37.6. The average molecular weight is 522 g/mol. The van der Waals surface area contributed by atoms with Crippen molar-refractivity contribution in [3.8, 4) is 0 Å². The molecule has 0 aromatic carbocycles. The van der Waals surface area contributed by atoms with Gasteiger partial charge in [-0.05, 0) is 60.7 Å². The van der Waals surface area contributed by atoms with Gasteiger partial charge in [0.1, 0.15) is 5.82 Å². The first-order valence-electron chi connectivity index (χ1n) is 9.63. The van der Waals surface area contributed by atoms with Crippen LogP contribution in [0.15, 0.2) is 27.4 Å². The summed E-state index contributed by atoms with van der Waals surface area (Å²) in [5, 5.41) is 16.6. The molecule has 1 fully saturated rings. The third-order valence-electron chi connectivity index (χ3n) is 4.64. The van der Waals surface area contributed by atoms with Crippen LogP contribution < -0.4 is 16.0 Å². The van der Waals surface area contributed by atoms with Crippen molar-refractivity contribution >= 4 is 39.6 Å². The molecule has 0 aliphatic heterocycles. The monoisotopic (exact) mass is 521 g/mol.